The van der Waals surface area contributed by atoms with Gasteiger partial charge in [-0.3, -0.25) is 14.7 Å². The van der Waals surface area contributed by atoms with Crippen molar-refractivity contribution in [2.24, 2.45) is 10.9 Å². The predicted octanol–water partition coefficient (Wildman–Crippen LogP) is 2.88. The number of guanidine groups is 1. The van der Waals surface area contributed by atoms with Crippen molar-refractivity contribution in [1.29, 1.82) is 0 Å². The monoisotopic (exact) mass is 388 g/mol. The molecule has 0 aromatic heterocycles. The molecule has 1 aromatic carbocycles. The number of aliphatic imine (C=N–C) groups is 1. The second-order valence-electron chi connectivity index (χ2n) is 7.14. The van der Waals surface area contributed by atoms with Crippen molar-refractivity contribution in [3.63, 3.8) is 0 Å². The first kappa shape index (κ1) is 22.2. The Bertz CT molecular complexity index is 635. The molecule has 0 atom stereocenters. The van der Waals surface area contributed by atoms with Gasteiger partial charge in [0.1, 0.15) is 0 Å². The Kier molecular flexibility index (Phi) is 9.28. The minimum absolute atomic E-state index is 0.0177. The number of rotatable bonds is 8. The van der Waals surface area contributed by atoms with Crippen LogP contribution in [0.1, 0.15) is 44.7 Å². The van der Waals surface area contributed by atoms with Gasteiger partial charge in [0.15, 0.2) is 5.96 Å². The maximum atomic E-state index is 11.9. The first-order valence-corrected chi connectivity index (χ1v) is 10.5. The van der Waals surface area contributed by atoms with E-state index in [0.29, 0.717) is 6.61 Å². The predicted molar refractivity (Wildman–Crippen MR) is 114 cm³/mol. The molecule has 2 rings (SSSR count). The number of ether oxygens (including phenoxy) is 1. The largest absolute Gasteiger partial charge is 0.466 e. The van der Waals surface area contributed by atoms with E-state index >= 15 is 0 Å². The third kappa shape index (κ3) is 6.23. The highest BCUT2D eigenvalue weighted by molar-refractivity contribution is 5.80. The molecule has 0 spiro atoms. The van der Waals surface area contributed by atoms with Gasteiger partial charge in [-0.25, -0.2) is 0 Å². The van der Waals surface area contributed by atoms with Gasteiger partial charge in [-0.2, -0.15) is 0 Å². The van der Waals surface area contributed by atoms with Crippen LogP contribution in [0.2, 0.25) is 0 Å². The molecule has 0 amide bonds. The first-order valence-electron chi connectivity index (χ1n) is 10.5. The molecule has 1 aromatic rings. The molecule has 0 radical (unpaired) electrons. The summed E-state index contributed by atoms with van der Waals surface area (Å²) in [6.07, 6.45) is 1.64. The molecule has 1 aliphatic rings. The highest BCUT2D eigenvalue weighted by atomic mass is 16.5. The minimum Gasteiger partial charge on any atom is -0.466 e. The van der Waals surface area contributed by atoms with E-state index in [4.69, 9.17) is 4.74 Å². The topological polar surface area (TPSA) is 57.2 Å². The summed E-state index contributed by atoms with van der Waals surface area (Å²) in [6, 6.07) is 8.60. The molecule has 1 saturated heterocycles. The number of carbonyl (C=O) groups excluding carboxylic acids is 1. The second-order valence-corrected chi connectivity index (χ2v) is 7.14. The normalized spacial score (nSPS) is 15.8. The number of hydrogen-bond acceptors (Lipinski definition) is 4. The van der Waals surface area contributed by atoms with Crippen LogP contribution in [0.15, 0.2) is 29.3 Å². The average Bonchev–Trinajstić information content (AvgIpc) is 2.74. The molecule has 156 valence electrons. The Labute approximate surface area is 170 Å². The fourth-order valence-electron chi connectivity index (χ4n) is 3.67. The van der Waals surface area contributed by atoms with Gasteiger partial charge in [-0.1, -0.05) is 38.1 Å². The van der Waals surface area contributed by atoms with Crippen LogP contribution in [0, 0.1) is 5.92 Å². The van der Waals surface area contributed by atoms with Crippen molar-refractivity contribution < 1.29 is 9.53 Å². The van der Waals surface area contributed by atoms with Crippen LogP contribution in [0.3, 0.4) is 0 Å². The molecule has 0 unspecified atom stereocenters. The molecule has 0 aliphatic carbocycles. The van der Waals surface area contributed by atoms with Crippen molar-refractivity contribution >= 4 is 11.9 Å². The fourth-order valence-corrected chi connectivity index (χ4v) is 3.67. The summed E-state index contributed by atoms with van der Waals surface area (Å²) in [5.74, 6) is 0.861. The van der Waals surface area contributed by atoms with Crippen molar-refractivity contribution in [2.75, 3.05) is 39.8 Å². The van der Waals surface area contributed by atoms with E-state index in [1.807, 2.05) is 14.0 Å². The summed E-state index contributed by atoms with van der Waals surface area (Å²) >= 11 is 0. The maximum absolute atomic E-state index is 11.9. The second kappa shape index (κ2) is 11.7. The molecular weight excluding hydrogens is 352 g/mol. The zero-order valence-corrected chi connectivity index (χ0v) is 17.9. The Balaban J connectivity index is 1.92. The summed E-state index contributed by atoms with van der Waals surface area (Å²) in [4.78, 5) is 21.1. The van der Waals surface area contributed by atoms with E-state index in [1.165, 1.54) is 11.1 Å². The highest BCUT2D eigenvalue weighted by Crippen LogP contribution is 2.19. The maximum Gasteiger partial charge on any atom is 0.309 e. The number of piperidine rings is 1. The molecule has 0 bridgehead atoms. The van der Waals surface area contributed by atoms with Gasteiger partial charge in [-0.05, 0) is 44.0 Å². The molecule has 1 fully saturated rings. The summed E-state index contributed by atoms with van der Waals surface area (Å²) < 4.78 is 5.16. The number of nitrogens with zero attached hydrogens (tertiary/aromatic N) is 3. The van der Waals surface area contributed by atoms with E-state index in [1.54, 1.807) is 0 Å². The SMILES string of the molecule is CCOC(=O)C1CCN(C(=NC)NCc2ccccc2CN(CC)CC)CC1. The van der Waals surface area contributed by atoms with Gasteiger partial charge in [0.2, 0.25) is 0 Å². The Morgan fingerprint density at radius 3 is 2.39 bits per heavy atom. The van der Waals surface area contributed by atoms with Gasteiger partial charge in [-0.15, -0.1) is 0 Å². The molecule has 6 heteroatoms. The Morgan fingerprint density at radius 2 is 1.82 bits per heavy atom. The smallest absolute Gasteiger partial charge is 0.309 e. The summed E-state index contributed by atoms with van der Waals surface area (Å²) in [6.45, 7) is 12.2. The fraction of sp³-hybridized carbons (Fsp3) is 0.636. The molecule has 1 heterocycles. The lowest BCUT2D eigenvalue weighted by atomic mass is 9.97. The Hall–Kier alpha value is -2.08. The quantitative estimate of drug-likeness (QED) is 0.422. The van der Waals surface area contributed by atoms with Crippen molar-refractivity contribution in [2.45, 2.75) is 46.7 Å². The van der Waals surface area contributed by atoms with Crippen LogP contribution in [-0.2, 0) is 22.6 Å². The molecule has 1 aliphatic heterocycles. The van der Waals surface area contributed by atoms with E-state index in [-0.39, 0.29) is 11.9 Å². The molecule has 0 saturated carbocycles. The lowest BCUT2D eigenvalue weighted by Gasteiger charge is -2.33. The Morgan fingerprint density at radius 1 is 1.18 bits per heavy atom. The van der Waals surface area contributed by atoms with Crippen LogP contribution in [0.4, 0.5) is 0 Å². The van der Waals surface area contributed by atoms with Crippen LogP contribution in [0.5, 0.6) is 0 Å². The third-order valence-corrected chi connectivity index (χ3v) is 5.47. The number of esters is 1. The van der Waals surface area contributed by atoms with E-state index in [9.17, 15) is 4.79 Å². The van der Waals surface area contributed by atoms with E-state index in [2.05, 4.69) is 58.2 Å². The molecule has 6 nitrogen and oxygen atoms in total. The third-order valence-electron chi connectivity index (χ3n) is 5.47. The van der Waals surface area contributed by atoms with Crippen LogP contribution >= 0.6 is 0 Å². The van der Waals surface area contributed by atoms with E-state index in [0.717, 1.165) is 58.1 Å². The van der Waals surface area contributed by atoms with Gasteiger partial charge in [0.05, 0.1) is 12.5 Å². The van der Waals surface area contributed by atoms with Crippen molar-refractivity contribution in [3.05, 3.63) is 35.4 Å². The number of nitrogens with one attached hydrogen (secondary N) is 1. The standard InChI is InChI=1S/C22H36N4O2/c1-5-25(6-2)17-20-11-9-8-10-19(20)16-24-22(23-4)26-14-12-18(13-15-26)21(27)28-7-3/h8-11,18H,5-7,12-17H2,1-4H3,(H,23,24). The lowest BCUT2D eigenvalue weighted by Crippen LogP contribution is -2.46. The summed E-state index contributed by atoms with van der Waals surface area (Å²) in [7, 11) is 1.82. The number of benzene rings is 1. The van der Waals surface area contributed by atoms with Crippen molar-refractivity contribution in [3.8, 4) is 0 Å². The highest BCUT2D eigenvalue weighted by Gasteiger charge is 2.27. The van der Waals surface area contributed by atoms with Gasteiger partial charge in [0, 0.05) is 33.2 Å². The van der Waals surface area contributed by atoms with E-state index < -0.39 is 0 Å². The van der Waals surface area contributed by atoms with Crippen LogP contribution in [0.25, 0.3) is 0 Å². The van der Waals surface area contributed by atoms with Crippen molar-refractivity contribution in [1.82, 2.24) is 15.1 Å². The van der Waals surface area contributed by atoms with Crippen LogP contribution in [-0.4, -0.2) is 61.6 Å². The molecular formula is C22H36N4O2. The minimum atomic E-state index is -0.0598. The average molecular weight is 389 g/mol. The van der Waals surface area contributed by atoms with Gasteiger partial charge < -0.3 is 15.0 Å². The van der Waals surface area contributed by atoms with Gasteiger partial charge in [0.25, 0.3) is 0 Å². The summed E-state index contributed by atoms with van der Waals surface area (Å²) in [5.41, 5.74) is 2.66. The zero-order valence-electron chi connectivity index (χ0n) is 17.9. The summed E-state index contributed by atoms with van der Waals surface area (Å²) in [5, 5.41) is 3.52. The first-order chi connectivity index (χ1) is 13.6. The van der Waals surface area contributed by atoms with Gasteiger partial charge >= 0.3 is 5.97 Å². The lowest BCUT2D eigenvalue weighted by molar-refractivity contribution is -0.149. The molecule has 28 heavy (non-hydrogen) atoms. The number of carbonyl (C=O) groups is 1. The number of likely N-dealkylation sites (tertiary alicyclic amines) is 1. The number of hydrogen-bond donors (Lipinski definition) is 1. The van der Waals surface area contributed by atoms with Crippen LogP contribution < -0.4 is 5.32 Å². The molecule has 1 N–H and O–H groups in total. The zero-order chi connectivity index (χ0) is 20.4.